The van der Waals surface area contributed by atoms with Gasteiger partial charge in [0.2, 0.25) is 0 Å². The van der Waals surface area contributed by atoms with Crippen LogP contribution in [-0.2, 0) is 13.6 Å². The molecule has 0 aliphatic heterocycles. The maximum atomic E-state index is 3.89. The first-order valence-corrected chi connectivity index (χ1v) is 6.35. The van der Waals surface area contributed by atoms with Gasteiger partial charge in [0.15, 0.2) is 0 Å². The molecule has 5 heteroatoms. The standard InChI is InChI=1S/C12H25N5/c1-11(2)16(3)8-6-5-7-13-9-12-10-14-15-17(12)4/h10-11,13H,5-9H2,1-4H3. The van der Waals surface area contributed by atoms with E-state index >= 15 is 0 Å². The maximum Gasteiger partial charge on any atom is 0.0738 e. The Bertz CT molecular complexity index is 308. The Hall–Kier alpha value is -0.940. The van der Waals surface area contributed by atoms with Gasteiger partial charge in [-0.15, -0.1) is 5.10 Å². The van der Waals surface area contributed by atoms with Gasteiger partial charge in [0, 0.05) is 19.6 Å². The summed E-state index contributed by atoms with van der Waals surface area (Å²) in [5.74, 6) is 0. The van der Waals surface area contributed by atoms with Crippen LogP contribution in [0.15, 0.2) is 6.20 Å². The number of rotatable bonds is 8. The van der Waals surface area contributed by atoms with Gasteiger partial charge in [-0.2, -0.15) is 0 Å². The summed E-state index contributed by atoms with van der Waals surface area (Å²) in [5, 5.41) is 11.2. The molecule has 1 aromatic rings. The van der Waals surface area contributed by atoms with E-state index in [0.717, 1.165) is 18.8 Å². The second-order valence-electron chi connectivity index (χ2n) is 4.81. The van der Waals surface area contributed by atoms with Gasteiger partial charge in [-0.1, -0.05) is 5.21 Å². The van der Waals surface area contributed by atoms with Crippen molar-refractivity contribution in [2.75, 3.05) is 20.1 Å². The van der Waals surface area contributed by atoms with Gasteiger partial charge in [-0.3, -0.25) is 4.68 Å². The van der Waals surface area contributed by atoms with Crippen molar-refractivity contribution in [1.29, 1.82) is 0 Å². The molecule has 0 spiro atoms. The Kier molecular flexibility index (Phi) is 6.15. The molecule has 0 radical (unpaired) electrons. The summed E-state index contributed by atoms with van der Waals surface area (Å²) in [6.07, 6.45) is 4.26. The van der Waals surface area contributed by atoms with Crippen molar-refractivity contribution in [2.45, 2.75) is 39.3 Å². The molecule has 0 atom stereocenters. The molecule has 1 N–H and O–H groups in total. The summed E-state index contributed by atoms with van der Waals surface area (Å²) in [5.41, 5.74) is 1.13. The van der Waals surface area contributed by atoms with E-state index in [1.54, 1.807) is 10.9 Å². The second kappa shape index (κ2) is 7.40. The Balaban J connectivity index is 2.00. The lowest BCUT2D eigenvalue weighted by atomic mass is 10.2. The lowest BCUT2D eigenvalue weighted by molar-refractivity contribution is 0.268. The number of aromatic nitrogens is 3. The van der Waals surface area contributed by atoms with Gasteiger partial charge in [0.25, 0.3) is 0 Å². The SMILES string of the molecule is CC(C)N(C)CCCCNCc1cnnn1C. The lowest BCUT2D eigenvalue weighted by Crippen LogP contribution is -2.27. The molecule has 1 heterocycles. The molecular formula is C12H25N5. The van der Waals surface area contributed by atoms with Crippen LogP contribution in [0.4, 0.5) is 0 Å². The molecule has 0 aromatic carbocycles. The molecule has 0 unspecified atom stereocenters. The number of hydrogen-bond donors (Lipinski definition) is 1. The summed E-state index contributed by atoms with van der Waals surface area (Å²) in [6.45, 7) is 7.54. The monoisotopic (exact) mass is 239 g/mol. The van der Waals surface area contributed by atoms with Gasteiger partial charge in [0.05, 0.1) is 11.9 Å². The maximum absolute atomic E-state index is 3.89. The fraction of sp³-hybridized carbons (Fsp3) is 0.833. The van der Waals surface area contributed by atoms with Crippen LogP contribution >= 0.6 is 0 Å². The number of nitrogens with zero attached hydrogens (tertiary/aromatic N) is 4. The van der Waals surface area contributed by atoms with Crippen LogP contribution in [0.2, 0.25) is 0 Å². The highest BCUT2D eigenvalue weighted by molar-refractivity contribution is 4.91. The average Bonchev–Trinajstić information content (AvgIpc) is 2.68. The first-order valence-electron chi connectivity index (χ1n) is 6.35. The van der Waals surface area contributed by atoms with Crippen LogP contribution in [0.3, 0.4) is 0 Å². The third-order valence-electron chi connectivity index (χ3n) is 3.11. The van der Waals surface area contributed by atoms with Crippen molar-refractivity contribution in [3.8, 4) is 0 Å². The Morgan fingerprint density at radius 2 is 2.18 bits per heavy atom. The van der Waals surface area contributed by atoms with E-state index in [1.807, 2.05) is 7.05 Å². The van der Waals surface area contributed by atoms with Crippen molar-refractivity contribution in [3.63, 3.8) is 0 Å². The smallest absolute Gasteiger partial charge is 0.0738 e. The van der Waals surface area contributed by atoms with Crippen molar-refractivity contribution in [3.05, 3.63) is 11.9 Å². The topological polar surface area (TPSA) is 46.0 Å². The minimum atomic E-state index is 0.642. The average molecular weight is 239 g/mol. The molecule has 0 bridgehead atoms. The molecule has 98 valence electrons. The second-order valence-corrected chi connectivity index (χ2v) is 4.81. The normalized spacial score (nSPS) is 11.6. The summed E-state index contributed by atoms with van der Waals surface area (Å²) < 4.78 is 1.81. The molecule has 0 aliphatic rings. The van der Waals surface area contributed by atoms with Gasteiger partial charge < -0.3 is 10.2 Å². The minimum Gasteiger partial charge on any atom is -0.311 e. The van der Waals surface area contributed by atoms with E-state index in [-0.39, 0.29) is 0 Å². The van der Waals surface area contributed by atoms with E-state index in [4.69, 9.17) is 0 Å². The molecule has 5 nitrogen and oxygen atoms in total. The van der Waals surface area contributed by atoms with Crippen LogP contribution in [-0.4, -0.2) is 46.1 Å². The number of aryl methyl sites for hydroxylation is 1. The van der Waals surface area contributed by atoms with Crippen molar-refractivity contribution >= 4 is 0 Å². The third-order valence-corrected chi connectivity index (χ3v) is 3.11. The van der Waals surface area contributed by atoms with E-state index in [2.05, 4.69) is 41.4 Å². The molecule has 0 aliphatic carbocycles. The quantitative estimate of drug-likeness (QED) is 0.688. The number of hydrogen-bond acceptors (Lipinski definition) is 4. The molecule has 0 amide bonds. The zero-order valence-electron chi connectivity index (χ0n) is 11.5. The van der Waals surface area contributed by atoms with Crippen LogP contribution < -0.4 is 5.32 Å². The lowest BCUT2D eigenvalue weighted by Gasteiger charge is -2.20. The van der Waals surface area contributed by atoms with Crippen molar-refractivity contribution in [1.82, 2.24) is 25.2 Å². The molecule has 0 fully saturated rings. The zero-order valence-corrected chi connectivity index (χ0v) is 11.5. The van der Waals surface area contributed by atoms with Crippen molar-refractivity contribution in [2.24, 2.45) is 7.05 Å². The van der Waals surface area contributed by atoms with E-state index < -0.39 is 0 Å². The largest absolute Gasteiger partial charge is 0.311 e. The molecule has 0 saturated heterocycles. The first-order chi connectivity index (χ1) is 8.11. The molecular weight excluding hydrogens is 214 g/mol. The molecule has 0 saturated carbocycles. The zero-order chi connectivity index (χ0) is 12.7. The van der Waals surface area contributed by atoms with E-state index in [9.17, 15) is 0 Å². The minimum absolute atomic E-state index is 0.642. The molecule has 17 heavy (non-hydrogen) atoms. The van der Waals surface area contributed by atoms with Gasteiger partial charge in [-0.25, -0.2) is 0 Å². The summed E-state index contributed by atoms with van der Waals surface area (Å²) in [6, 6.07) is 0.642. The van der Waals surface area contributed by atoms with E-state index in [1.165, 1.54) is 19.4 Å². The van der Waals surface area contributed by atoms with Gasteiger partial charge in [0.1, 0.15) is 0 Å². The highest BCUT2D eigenvalue weighted by Gasteiger charge is 2.02. The van der Waals surface area contributed by atoms with Crippen molar-refractivity contribution < 1.29 is 0 Å². The predicted octanol–water partition coefficient (Wildman–Crippen LogP) is 1.03. The third kappa shape index (κ3) is 5.28. The predicted molar refractivity (Wildman–Crippen MR) is 69.7 cm³/mol. The van der Waals surface area contributed by atoms with E-state index in [0.29, 0.717) is 6.04 Å². The van der Waals surface area contributed by atoms with Gasteiger partial charge in [-0.05, 0) is 46.8 Å². The van der Waals surface area contributed by atoms with Crippen LogP contribution in [0, 0.1) is 0 Å². The Morgan fingerprint density at radius 1 is 1.41 bits per heavy atom. The highest BCUT2D eigenvalue weighted by atomic mass is 15.4. The highest BCUT2D eigenvalue weighted by Crippen LogP contribution is 1.98. The first kappa shape index (κ1) is 14.1. The fourth-order valence-electron chi connectivity index (χ4n) is 1.56. The Morgan fingerprint density at radius 3 is 2.76 bits per heavy atom. The van der Waals surface area contributed by atoms with Crippen LogP contribution in [0.25, 0.3) is 0 Å². The summed E-state index contributed by atoms with van der Waals surface area (Å²) >= 11 is 0. The summed E-state index contributed by atoms with van der Waals surface area (Å²) in [7, 11) is 4.10. The number of nitrogens with one attached hydrogen (secondary N) is 1. The molecule has 1 rings (SSSR count). The van der Waals surface area contributed by atoms with Crippen LogP contribution in [0.1, 0.15) is 32.4 Å². The van der Waals surface area contributed by atoms with Gasteiger partial charge >= 0.3 is 0 Å². The summed E-state index contributed by atoms with van der Waals surface area (Å²) in [4.78, 5) is 2.38. The number of unbranched alkanes of at least 4 members (excludes halogenated alkanes) is 1. The Labute approximate surface area is 104 Å². The van der Waals surface area contributed by atoms with Crippen LogP contribution in [0.5, 0.6) is 0 Å². The molecule has 1 aromatic heterocycles. The fourth-order valence-corrected chi connectivity index (χ4v) is 1.56.